The molecule has 2 aromatic carbocycles. The standard InChI is InChI=1S/C13H9NS.2Li/c1-14-10-6-2-4-8-12(10)15-13-9-5-3-7-11(13)14;;/h2-3,6-9H,1H3;;/q-2;2*+1. The van der Waals surface area contributed by atoms with Gasteiger partial charge in [0.2, 0.25) is 0 Å². The van der Waals surface area contributed by atoms with Gasteiger partial charge in [-0.25, -0.2) is 11.8 Å². The van der Waals surface area contributed by atoms with E-state index in [0.717, 1.165) is 0 Å². The van der Waals surface area contributed by atoms with Crippen LogP contribution in [0.25, 0.3) is 0 Å². The average Bonchev–Trinajstić information content (AvgIpc) is 2.30. The Kier molecular flexibility index (Phi) is 5.33. The Bertz CT molecular complexity index is 471. The summed E-state index contributed by atoms with van der Waals surface area (Å²) in [5.74, 6) is 0. The molecule has 74 valence electrons. The van der Waals surface area contributed by atoms with Crippen LogP contribution in [0.15, 0.2) is 46.2 Å². The molecule has 0 aliphatic carbocycles. The summed E-state index contributed by atoms with van der Waals surface area (Å²) in [7, 11) is 2.09. The number of benzene rings is 2. The molecule has 0 saturated heterocycles. The number of rotatable bonds is 0. The predicted molar refractivity (Wildman–Crippen MR) is 62.7 cm³/mol. The zero-order chi connectivity index (χ0) is 10.3. The molecule has 0 saturated carbocycles. The summed E-state index contributed by atoms with van der Waals surface area (Å²) in [5, 5.41) is 0. The maximum Gasteiger partial charge on any atom is 1.00 e. The van der Waals surface area contributed by atoms with Gasteiger partial charge in [-0.15, -0.1) is 12.1 Å². The van der Waals surface area contributed by atoms with Gasteiger partial charge >= 0.3 is 37.7 Å². The second-order valence-corrected chi connectivity index (χ2v) is 4.53. The number of nitrogens with zero attached hydrogens (tertiary/aromatic N) is 1. The molecule has 0 radical (unpaired) electrons. The predicted octanol–water partition coefficient (Wildman–Crippen LogP) is -2.47. The summed E-state index contributed by atoms with van der Waals surface area (Å²) < 4.78 is 0. The molecule has 0 bridgehead atoms. The van der Waals surface area contributed by atoms with E-state index >= 15 is 0 Å². The summed E-state index contributed by atoms with van der Waals surface area (Å²) in [6.45, 7) is 0. The van der Waals surface area contributed by atoms with Gasteiger partial charge in [-0.05, 0) is 0 Å². The molecule has 0 fully saturated rings. The third-order valence-electron chi connectivity index (χ3n) is 2.55. The number of hydrogen-bond donors (Lipinski definition) is 0. The van der Waals surface area contributed by atoms with Crippen molar-refractivity contribution in [2.45, 2.75) is 9.79 Å². The van der Waals surface area contributed by atoms with Crippen LogP contribution in [0.4, 0.5) is 11.4 Å². The van der Waals surface area contributed by atoms with Gasteiger partial charge in [0.25, 0.3) is 0 Å². The molecule has 0 atom stereocenters. The Balaban J connectivity index is 0.000000722. The third-order valence-corrected chi connectivity index (χ3v) is 3.65. The maximum absolute atomic E-state index is 3.11. The second kappa shape index (κ2) is 6.10. The fraction of sp³-hybridized carbons (Fsp3) is 0.0769. The Morgan fingerprint density at radius 3 is 1.88 bits per heavy atom. The minimum Gasteiger partial charge on any atom is -0.388 e. The minimum atomic E-state index is 0. The first-order chi connectivity index (χ1) is 7.36. The molecule has 0 unspecified atom stereocenters. The molecule has 2 aromatic rings. The van der Waals surface area contributed by atoms with Crippen molar-refractivity contribution in [3.63, 3.8) is 0 Å². The van der Waals surface area contributed by atoms with Crippen molar-refractivity contribution in [1.29, 1.82) is 0 Å². The van der Waals surface area contributed by atoms with Crippen LogP contribution in [0.2, 0.25) is 0 Å². The zero-order valence-electron chi connectivity index (χ0n) is 10.3. The molecule has 1 heterocycles. The Labute approximate surface area is 130 Å². The van der Waals surface area contributed by atoms with Crippen LogP contribution in [-0.4, -0.2) is 7.05 Å². The van der Waals surface area contributed by atoms with Gasteiger partial charge in [0.15, 0.2) is 0 Å². The Morgan fingerprint density at radius 1 is 0.941 bits per heavy atom. The molecule has 1 aliphatic heterocycles. The van der Waals surface area contributed by atoms with Crippen molar-refractivity contribution in [2.24, 2.45) is 0 Å². The summed E-state index contributed by atoms with van der Waals surface area (Å²) in [5.41, 5.74) is 2.50. The van der Waals surface area contributed by atoms with Crippen molar-refractivity contribution in [3.8, 4) is 0 Å². The fourth-order valence-corrected chi connectivity index (χ4v) is 2.89. The van der Waals surface area contributed by atoms with Crippen LogP contribution in [0.1, 0.15) is 0 Å². The van der Waals surface area contributed by atoms with Crippen LogP contribution < -0.4 is 42.6 Å². The van der Waals surface area contributed by atoms with E-state index in [4.69, 9.17) is 0 Å². The van der Waals surface area contributed by atoms with Gasteiger partial charge in [-0.1, -0.05) is 21.2 Å². The maximum atomic E-state index is 3.11. The molecular formula is C13H9Li2NS. The molecule has 1 aliphatic rings. The normalized spacial score (nSPS) is 11.7. The molecule has 0 aromatic heterocycles. The van der Waals surface area contributed by atoms with E-state index in [1.54, 1.807) is 11.8 Å². The summed E-state index contributed by atoms with van der Waals surface area (Å²) in [6, 6.07) is 18.4. The van der Waals surface area contributed by atoms with E-state index in [1.807, 2.05) is 24.3 Å². The van der Waals surface area contributed by atoms with E-state index in [1.165, 1.54) is 21.2 Å². The topological polar surface area (TPSA) is 3.24 Å². The van der Waals surface area contributed by atoms with E-state index in [9.17, 15) is 0 Å². The first kappa shape index (κ1) is 14.8. The number of hydrogen-bond acceptors (Lipinski definition) is 2. The fourth-order valence-electron chi connectivity index (χ4n) is 1.78. The van der Waals surface area contributed by atoms with Crippen molar-refractivity contribution < 1.29 is 37.7 Å². The molecular weight excluding hydrogens is 216 g/mol. The monoisotopic (exact) mass is 225 g/mol. The van der Waals surface area contributed by atoms with E-state index in [0.29, 0.717) is 0 Å². The number of anilines is 2. The van der Waals surface area contributed by atoms with Crippen molar-refractivity contribution in [1.82, 2.24) is 0 Å². The first-order valence-corrected chi connectivity index (χ1v) is 5.60. The van der Waals surface area contributed by atoms with Crippen LogP contribution >= 0.6 is 11.8 Å². The van der Waals surface area contributed by atoms with Gasteiger partial charge in [-0.3, -0.25) is 0 Å². The molecule has 17 heavy (non-hydrogen) atoms. The van der Waals surface area contributed by atoms with Gasteiger partial charge in [-0.2, -0.15) is 36.4 Å². The van der Waals surface area contributed by atoms with E-state index in [2.05, 4.69) is 36.2 Å². The first-order valence-electron chi connectivity index (χ1n) is 4.78. The van der Waals surface area contributed by atoms with Gasteiger partial charge in [0.1, 0.15) is 0 Å². The van der Waals surface area contributed by atoms with Gasteiger partial charge in [0.05, 0.1) is 0 Å². The van der Waals surface area contributed by atoms with Crippen LogP contribution in [-0.2, 0) is 0 Å². The van der Waals surface area contributed by atoms with Crippen molar-refractivity contribution in [3.05, 3.63) is 48.5 Å². The zero-order valence-corrected chi connectivity index (χ0v) is 11.1. The molecule has 0 amide bonds. The molecule has 4 heteroatoms. The summed E-state index contributed by atoms with van der Waals surface area (Å²) >= 11 is 1.78. The Hall–Kier alpha value is -0.215. The molecule has 0 spiro atoms. The largest absolute Gasteiger partial charge is 1.00 e. The summed E-state index contributed by atoms with van der Waals surface area (Å²) in [4.78, 5) is 4.72. The number of fused-ring (bicyclic) bond motifs is 2. The van der Waals surface area contributed by atoms with E-state index < -0.39 is 0 Å². The Morgan fingerprint density at radius 2 is 1.41 bits per heavy atom. The molecule has 0 N–H and O–H groups in total. The van der Waals surface area contributed by atoms with Gasteiger partial charge < -0.3 is 4.90 Å². The minimum absolute atomic E-state index is 0. The quantitative estimate of drug-likeness (QED) is 0.361. The van der Waals surface area contributed by atoms with Gasteiger partial charge in [0, 0.05) is 7.05 Å². The SMILES string of the molecule is CN1c2cc[c-]cc2Sc2c[c-]ccc21.[Li+].[Li+]. The second-order valence-electron chi connectivity index (χ2n) is 3.45. The summed E-state index contributed by atoms with van der Waals surface area (Å²) in [6.07, 6.45) is 0. The van der Waals surface area contributed by atoms with Crippen LogP contribution in [0.5, 0.6) is 0 Å². The third kappa shape index (κ3) is 2.63. The van der Waals surface area contributed by atoms with E-state index in [-0.39, 0.29) is 37.7 Å². The van der Waals surface area contributed by atoms with Crippen molar-refractivity contribution >= 4 is 23.1 Å². The molecule has 1 nitrogen and oxygen atoms in total. The van der Waals surface area contributed by atoms with Crippen LogP contribution in [0.3, 0.4) is 0 Å². The molecule has 3 rings (SSSR count). The smallest absolute Gasteiger partial charge is 0.388 e. The average molecular weight is 225 g/mol. The van der Waals surface area contributed by atoms with Crippen LogP contribution in [0, 0.1) is 12.1 Å². The van der Waals surface area contributed by atoms with Crippen molar-refractivity contribution in [2.75, 3.05) is 11.9 Å².